The van der Waals surface area contributed by atoms with Gasteiger partial charge in [-0.3, -0.25) is 0 Å². The van der Waals surface area contributed by atoms with Crippen molar-refractivity contribution >= 4 is 0 Å². The van der Waals surface area contributed by atoms with Crippen LogP contribution in [0.3, 0.4) is 0 Å². The molecule has 0 aliphatic rings. The van der Waals surface area contributed by atoms with Crippen LogP contribution < -0.4 is 0 Å². The first-order valence-corrected chi connectivity index (χ1v) is 6.12. The summed E-state index contributed by atoms with van der Waals surface area (Å²) in [6, 6.07) is 8.98. The van der Waals surface area contributed by atoms with Gasteiger partial charge in [0.1, 0.15) is 0 Å². The summed E-state index contributed by atoms with van der Waals surface area (Å²) in [4.78, 5) is 0. The fourth-order valence-corrected chi connectivity index (χ4v) is 2.28. The van der Waals surface area contributed by atoms with E-state index in [4.69, 9.17) is 0 Å². The maximum absolute atomic E-state index is 2.38. The van der Waals surface area contributed by atoms with E-state index in [1.54, 1.807) is 0 Å². The van der Waals surface area contributed by atoms with E-state index in [1.807, 2.05) is 0 Å². The minimum atomic E-state index is 0.713. The van der Waals surface area contributed by atoms with Crippen molar-refractivity contribution in [3.05, 3.63) is 35.4 Å². The molecule has 0 amide bonds. The SMILES string of the molecule is CCC(c1cccc(C)c1)C(C)C(C)C. The summed E-state index contributed by atoms with van der Waals surface area (Å²) in [6.45, 7) is 11.5. The maximum atomic E-state index is 2.38. The lowest BCUT2D eigenvalue weighted by atomic mass is 9.79. The molecule has 2 atom stereocenters. The number of rotatable bonds is 4. The molecule has 15 heavy (non-hydrogen) atoms. The molecule has 0 N–H and O–H groups in total. The molecule has 1 aromatic carbocycles. The van der Waals surface area contributed by atoms with Crippen LogP contribution >= 0.6 is 0 Å². The molecular weight excluding hydrogens is 180 g/mol. The molecule has 0 radical (unpaired) electrons. The van der Waals surface area contributed by atoms with Gasteiger partial charge in [0.05, 0.1) is 0 Å². The van der Waals surface area contributed by atoms with Crippen LogP contribution in [0.4, 0.5) is 0 Å². The van der Waals surface area contributed by atoms with Crippen LogP contribution in [0.25, 0.3) is 0 Å². The predicted molar refractivity (Wildman–Crippen MR) is 68.2 cm³/mol. The highest BCUT2D eigenvalue weighted by molar-refractivity contribution is 5.25. The van der Waals surface area contributed by atoms with Crippen molar-refractivity contribution in [2.45, 2.75) is 47.0 Å². The number of hydrogen-bond acceptors (Lipinski definition) is 0. The molecule has 1 aromatic rings. The highest BCUT2D eigenvalue weighted by atomic mass is 14.2. The smallest absolute Gasteiger partial charge is 0.0136 e. The molecule has 1 rings (SSSR count). The van der Waals surface area contributed by atoms with E-state index in [-0.39, 0.29) is 0 Å². The molecule has 0 aromatic heterocycles. The Balaban J connectivity index is 2.92. The minimum absolute atomic E-state index is 0.713. The van der Waals surface area contributed by atoms with Gasteiger partial charge in [0.15, 0.2) is 0 Å². The van der Waals surface area contributed by atoms with Gasteiger partial charge in [0.2, 0.25) is 0 Å². The second-order valence-electron chi connectivity index (χ2n) is 5.03. The van der Waals surface area contributed by atoms with Crippen LogP contribution in [-0.4, -0.2) is 0 Å². The third-order valence-corrected chi connectivity index (χ3v) is 3.60. The van der Waals surface area contributed by atoms with Crippen LogP contribution in [0.5, 0.6) is 0 Å². The second-order valence-corrected chi connectivity index (χ2v) is 5.03. The van der Waals surface area contributed by atoms with Crippen molar-refractivity contribution in [1.29, 1.82) is 0 Å². The van der Waals surface area contributed by atoms with Crippen molar-refractivity contribution in [2.75, 3.05) is 0 Å². The van der Waals surface area contributed by atoms with Crippen molar-refractivity contribution < 1.29 is 0 Å². The van der Waals surface area contributed by atoms with Crippen LogP contribution in [0.15, 0.2) is 24.3 Å². The first kappa shape index (κ1) is 12.3. The Hall–Kier alpha value is -0.780. The zero-order chi connectivity index (χ0) is 11.4. The third-order valence-electron chi connectivity index (χ3n) is 3.60. The lowest BCUT2D eigenvalue weighted by Crippen LogP contribution is -2.14. The zero-order valence-corrected chi connectivity index (χ0v) is 10.7. The van der Waals surface area contributed by atoms with Crippen LogP contribution in [0.1, 0.15) is 51.2 Å². The quantitative estimate of drug-likeness (QED) is 0.662. The summed E-state index contributed by atoms with van der Waals surface area (Å²) in [5, 5.41) is 0. The molecule has 84 valence electrons. The van der Waals surface area contributed by atoms with Crippen LogP contribution in [-0.2, 0) is 0 Å². The lowest BCUT2D eigenvalue weighted by molar-refractivity contribution is 0.339. The number of hydrogen-bond donors (Lipinski definition) is 0. The first-order chi connectivity index (χ1) is 7.06. The average Bonchev–Trinajstić information content (AvgIpc) is 2.18. The Kier molecular flexibility index (Phi) is 4.38. The second kappa shape index (κ2) is 5.34. The molecule has 0 aliphatic heterocycles. The zero-order valence-electron chi connectivity index (χ0n) is 10.7. The molecule has 0 aliphatic carbocycles. The van der Waals surface area contributed by atoms with Gasteiger partial charge >= 0.3 is 0 Å². The molecule has 0 bridgehead atoms. The average molecular weight is 204 g/mol. The molecule has 0 heteroatoms. The summed E-state index contributed by atoms with van der Waals surface area (Å²) < 4.78 is 0. The fourth-order valence-electron chi connectivity index (χ4n) is 2.28. The van der Waals surface area contributed by atoms with Gasteiger partial charge in [-0.05, 0) is 36.7 Å². The van der Waals surface area contributed by atoms with Crippen LogP contribution in [0, 0.1) is 18.8 Å². The largest absolute Gasteiger partial charge is 0.0648 e. The monoisotopic (exact) mass is 204 g/mol. The van der Waals surface area contributed by atoms with Crippen molar-refractivity contribution in [3.8, 4) is 0 Å². The molecule has 0 fully saturated rings. The third kappa shape index (κ3) is 3.09. The normalized spacial score (nSPS) is 15.3. The molecule has 0 nitrogen and oxygen atoms in total. The van der Waals surface area contributed by atoms with E-state index in [1.165, 1.54) is 17.5 Å². The molecule has 0 heterocycles. The Labute approximate surface area is 94.7 Å². The van der Waals surface area contributed by atoms with E-state index in [0.29, 0.717) is 5.92 Å². The van der Waals surface area contributed by atoms with E-state index in [0.717, 1.165) is 11.8 Å². The van der Waals surface area contributed by atoms with Gasteiger partial charge < -0.3 is 0 Å². The molecule has 0 saturated heterocycles. The van der Waals surface area contributed by atoms with Crippen molar-refractivity contribution in [3.63, 3.8) is 0 Å². The molecule has 0 saturated carbocycles. The van der Waals surface area contributed by atoms with Gasteiger partial charge in [0.25, 0.3) is 0 Å². The van der Waals surface area contributed by atoms with E-state index < -0.39 is 0 Å². The van der Waals surface area contributed by atoms with Gasteiger partial charge in [-0.1, -0.05) is 57.5 Å². The minimum Gasteiger partial charge on any atom is -0.0648 e. The number of aryl methyl sites for hydroxylation is 1. The van der Waals surface area contributed by atoms with Gasteiger partial charge in [-0.2, -0.15) is 0 Å². The first-order valence-electron chi connectivity index (χ1n) is 6.12. The molecule has 2 unspecified atom stereocenters. The number of benzene rings is 1. The van der Waals surface area contributed by atoms with Crippen LogP contribution in [0.2, 0.25) is 0 Å². The Morgan fingerprint density at radius 3 is 2.27 bits per heavy atom. The van der Waals surface area contributed by atoms with E-state index >= 15 is 0 Å². The molecular formula is C15H24. The topological polar surface area (TPSA) is 0 Å². The maximum Gasteiger partial charge on any atom is -0.0136 e. The highest BCUT2D eigenvalue weighted by Gasteiger charge is 2.20. The Morgan fingerprint density at radius 2 is 1.80 bits per heavy atom. The standard InChI is InChI=1S/C15H24/c1-6-15(13(5)11(2)3)14-9-7-8-12(4)10-14/h7-11,13,15H,6H2,1-5H3. The summed E-state index contributed by atoms with van der Waals surface area (Å²) in [7, 11) is 0. The Bertz CT molecular complexity index is 299. The van der Waals surface area contributed by atoms with Crippen molar-refractivity contribution in [1.82, 2.24) is 0 Å². The Morgan fingerprint density at radius 1 is 1.13 bits per heavy atom. The van der Waals surface area contributed by atoms with Crippen molar-refractivity contribution in [2.24, 2.45) is 11.8 Å². The highest BCUT2D eigenvalue weighted by Crippen LogP contribution is 2.32. The van der Waals surface area contributed by atoms with Gasteiger partial charge in [0, 0.05) is 0 Å². The predicted octanol–water partition coefficient (Wildman–Crippen LogP) is 4.78. The fraction of sp³-hybridized carbons (Fsp3) is 0.600. The summed E-state index contributed by atoms with van der Waals surface area (Å²) in [5.74, 6) is 2.23. The van der Waals surface area contributed by atoms with E-state index in [2.05, 4.69) is 58.9 Å². The van der Waals surface area contributed by atoms with E-state index in [9.17, 15) is 0 Å². The summed E-state index contributed by atoms with van der Waals surface area (Å²) >= 11 is 0. The van der Waals surface area contributed by atoms with Gasteiger partial charge in [-0.25, -0.2) is 0 Å². The lowest BCUT2D eigenvalue weighted by Gasteiger charge is -2.26. The molecule has 0 spiro atoms. The summed E-state index contributed by atoms with van der Waals surface area (Å²) in [6.07, 6.45) is 1.24. The van der Waals surface area contributed by atoms with Gasteiger partial charge in [-0.15, -0.1) is 0 Å². The summed E-state index contributed by atoms with van der Waals surface area (Å²) in [5.41, 5.74) is 2.89.